The molecular formula is C10H15F3N4O. The van der Waals surface area contributed by atoms with Gasteiger partial charge in [0.15, 0.2) is 0 Å². The topological polar surface area (TPSA) is 75.3 Å². The van der Waals surface area contributed by atoms with Gasteiger partial charge in [-0.25, -0.2) is 9.97 Å². The monoisotopic (exact) mass is 264 g/mol. The second-order valence-electron chi connectivity index (χ2n) is 3.68. The van der Waals surface area contributed by atoms with Crippen LogP contribution in [0.5, 0.6) is 0 Å². The molecule has 8 heteroatoms. The van der Waals surface area contributed by atoms with Crippen LogP contribution in [0.2, 0.25) is 0 Å². The van der Waals surface area contributed by atoms with Crippen LogP contribution >= 0.6 is 0 Å². The summed E-state index contributed by atoms with van der Waals surface area (Å²) in [5.74, 6) is -1.44. The van der Waals surface area contributed by atoms with Crippen LogP contribution in [0.15, 0.2) is 6.07 Å². The molecule has 1 aromatic rings. The fraction of sp³-hybridized carbons (Fsp3) is 0.600. The molecule has 1 heterocycles. The minimum Gasteiger partial charge on any atom is -0.395 e. The number of nitrogens with zero attached hydrogens (tertiary/aromatic N) is 3. The van der Waals surface area contributed by atoms with Gasteiger partial charge in [0.1, 0.15) is 11.6 Å². The van der Waals surface area contributed by atoms with Crippen LogP contribution in [0.4, 0.5) is 24.8 Å². The van der Waals surface area contributed by atoms with Crippen LogP contribution in [0.25, 0.3) is 0 Å². The Hall–Kier alpha value is -1.57. The summed E-state index contributed by atoms with van der Waals surface area (Å²) < 4.78 is 37.6. The van der Waals surface area contributed by atoms with Crippen LogP contribution in [-0.4, -0.2) is 34.8 Å². The van der Waals surface area contributed by atoms with Gasteiger partial charge in [0.25, 0.3) is 0 Å². The highest BCUT2D eigenvalue weighted by molar-refractivity contribution is 5.47. The molecule has 3 N–H and O–H groups in total. The normalized spacial score (nSPS) is 11.6. The van der Waals surface area contributed by atoms with Crippen LogP contribution in [-0.2, 0) is 6.18 Å². The summed E-state index contributed by atoms with van der Waals surface area (Å²) in [4.78, 5) is 8.14. The smallest absolute Gasteiger partial charge is 0.395 e. The van der Waals surface area contributed by atoms with E-state index in [9.17, 15) is 13.2 Å². The van der Waals surface area contributed by atoms with E-state index in [0.717, 1.165) is 0 Å². The van der Waals surface area contributed by atoms with Crippen molar-refractivity contribution in [3.05, 3.63) is 11.9 Å². The highest BCUT2D eigenvalue weighted by atomic mass is 19.4. The van der Waals surface area contributed by atoms with Gasteiger partial charge in [0, 0.05) is 19.2 Å². The maximum absolute atomic E-state index is 12.5. The van der Waals surface area contributed by atoms with Gasteiger partial charge in [0.05, 0.1) is 6.61 Å². The molecule has 0 amide bonds. The van der Waals surface area contributed by atoms with Gasteiger partial charge in [-0.1, -0.05) is 6.92 Å². The zero-order chi connectivity index (χ0) is 13.8. The number of hydrogen-bond donors (Lipinski definition) is 2. The molecular weight excluding hydrogens is 249 g/mol. The minimum absolute atomic E-state index is 0.0747. The summed E-state index contributed by atoms with van der Waals surface area (Å²) in [7, 11) is 0. The summed E-state index contributed by atoms with van der Waals surface area (Å²) >= 11 is 0. The highest BCUT2D eigenvalue weighted by Crippen LogP contribution is 2.28. The Morgan fingerprint density at radius 2 is 2.00 bits per heavy atom. The highest BCUT2D eigenvalue weighted by Gasteiger charge is 2.35. The Kier molecular flexibility index (Phi) is 4.71. The maximum Gasteiger partial charge on any atom is 0.451 e. The van der Waals surface area contributed by atoms with Crippen molar-refractivity contribution >= 4 is 11.6 Å². The number of hydrogen-bond acceptors (Lipinski definition) is 5. The van der Waals surface area contributed by atoms with Crippen LogP contribution in [0.1, 0.15) is 19.2 Å². The van der Waals surface area contributed by atoms with E-state index >= 15 is 0 Å². The van der Waals surface area contributed by atoms with E-state index < -0.39 is 12.0 Å². The fourth-order valence-corrected chi connectivity index (χ4v) is 1.47. The first kappa shape index (κ1) is 14.5. The Bertz CT molecular complexity index is 391. The average Bonchev–Trinajstić information content (AvgIpc) is 2.27. The van der Waals surface area contributed by atoms with Crippen molar-refractivity contribution in [2.45, 2.75) is 19.5 Å². The SMILES string of the molecule is CCCN(CCO)c1cc(N)nc(C(F)(F)F)n1. The number of nitrogens with two attached hydrogens (primary N) is 1. The molecule has 0 saturated heterocycles. The summed E-state index contributed by atoms with van der Waals surface area (Å²) in [6, 6.07) is 1.26. The van der Waals surface area contributed by atoms with E-state index in [0.29, 0.717) is 13.0 Å². The van der Waals surface area contributed by atoms with Crippen molar-refractivity contribution in [2.24, 2.45) is 0 Å². The summed E-state index contributed by atoms with van der Waals surface area (Å²) in [5.41, 5.74) is 5.35. The average molecular weight is 264 g/mol. The van der Waals surface area contributed by atoms with Crippen molar-refractivity contribution < 1.29 is 18.3 Å². The molecule has 0 aliphatic heterocycles. The van der Waals surface area contributed by atoms with Crippen LogP contribution in [0, 0.1) is 0 Å². The molecule has 0 spiro atoms. The molecule has 0 radical (unpaired) electrons. The second-order valence-corrected chi connectivity index (χ2v) is 3.68. The standard InChI is InChI=1S/C10H15F3N4O/c1-2-3-17(4-5-18)8-6-7(14)15-9(16-8)10(11,12)13/h6,18H,2-5H2,1H3,(H2,14,15,16). The first-order valence-corrected chi connectivity index (χ1v) is 5.46. The Balaban J connectivity index is 3.10. The van der Waals surface area contributed by atoms with Crippen molar-refractivity contribution in [2.75, 3.05) is 30.3 Å². The predicted molar refractivity (Wildman–Crippen MR) is 61.0 cm³/mol. The molecule has 0 bridgehead atoms. The fourth-order valence-electron chi connectivity index (χ4n) is 1.47. The molecule has 0 aliphatic rings. The first-order chi connectivity index (χ1) is 8.38. The number of nitrogen functional groups attached to an aromatic ring is 1. The lowest BCUT2D eigenvalue weighted by atomic mass is 10.3. The summed E-state index contributed by atoms with van der Waals surface area (Å²) in [5, 5.41) is 8.88. The molecule has 0 unspecified atom stereocenters. The van der Waals surface area contributed by atoms with Gasteiger partial charge in [-0.3, -0.25) is 0 Å². The lowest BCUT2D eigenvalue weighted by Gasteiger charge is -2.22. The van der Waals surface area contributed by atoms with Crippen LogP contribution < -0.4 is 10.6 Å². The van der Waals surface area contributed by atoms with E-state index in [1.165, 1.54) is 11.0 Å². The number of alkyl halides is 3. The minimum atomic E-state index is -4.64. The number of aliphatic hydroxyl groups is 1. The second kappa shape index (κ2) is 5.85. The molecule has 1 rings (SSSR count). The van der Waals surface area contributed by atoms with Crippen molar-refractivity contribution in [1.82, 2.24) is 9.97 Å². The molecule has 0 aromatic carbocycles. The van der Waals surface area contributed by atoms with Gasteiger partial charge in [-0.2, -0.15) is 13.2 Å². The molecule has 5 nitrogen and oxygen atoms in total. The molecule has 102 valence electrons. The Morgan fingerprint density at radius 1 is 1.33 bits per heavy atom. The van der Waals surface area contributed by atoms with Crippen molar-refractivity contribution in [3.8, 4) is 0 Å². The van der Waals surface area contributed by atoms with Gasteiger partial charge in [0.2, 0.25) is 5.82 Å². The molecule has 0 saturated carbocycles. The van der Waals surface area contributed by atoms with Crippen molar-refractivity contribution in [3.63, 3.8) is 0 Å². The lowest BCUT2D eigenvalue weighted by molar-refractivity contribution is -0.144. The zero-order valence-corrected chi connectivity index (χ0v) is 9.91. The first-order valence-electron chi connectivity index (χ1n) is 5.46. The summed E-state index contributed by atoms with van der Waals surface area (Å²) in [6.07, 6.45) is -3.92. The zero-order valence-electron chi connectivity index (χ0n) is 9.91. The van der Waals surface area contributed by atoms with E-state index in [-0.39, 0.29) is 24.8 Å². The number of halogens is 3. The molecule has 1 aromatic heterocycles. The lowest BCUT2D eigenvalue weighted by Crippen LogP contribution is -2.29. The largest absolute Gasteiger partial charge is 0.451 e. The van der Waals surface area contributed by atoms with Crippen LogP contribution in [0.3, 0.4) is 0 Å². The van der Waals surface area contributed by atoms with Gasteiger partial charge >= 0.3 is 6.18 Å². The van der Waals surface area contributed by atoms with Crippen molar-refractivity contribution in [1.29, 1.82) is 0 Å². The molecule has 0 aliphatic carbocycles. The van der Waals surface area contributed by atoms with Gasteiger partial charge in [-0.15, -0.1) is 0 Å². The van der Waals surface area contributed by atoms with E-state index in [2.05, 4.69) is 9.97 Å². The van der Waals surface area contributed by atoms with E-state index in [4.69, 9.17) is 10.8 Å². The quantitative estimate of drug-likeness (QED) is 0.838. The maximum atomic E-state index is 12.5. The van der Waals surface area contributed by atoms with E-state index in [1.54, 1.807) is 0 Å². The predicted octanol–water partition coefficient (Wildman–Crippen LogP) is 1.29. The third-order valence-electron chi connectivity index (χ3n) is 2.17. The number of rotatable bonds is 5. The number of anilines is 2. The summed E-state index contributed by atoms with van der Waals surface area (Å²) in [6.45, 7) is 2.38. The third kappa shape index (κ3) is 3.73. The molecule has 0 fully saturated rings. The number of aliphatic hydroxyl groups excluding tert-OH is 1. The van der Waals surface area contributed by atoms with Gasteiger partial charge in [-0.05, 0) is 6.42 Å². The molecule has 0 atom stereocenters. The number of aromatic nitrogens is 2. The Labute approximate surface area is 102 Å². The van der Waals surface area contributed by atoms with Gasteiger partial charge < -0.3 is 15.7 Å². The van der Waals surface area contributed by atoms with E-state index in [1.807, 2.05) is 6.92 Å². The Morgan fingerprint density at radius 3 is 2.50 bits per heavy atom. The molecule has 18 heavy (non-hydrogen) atoms. The third-order valence-corrected chi connectivity index (χ3v) is 2.17.